The van der Waals surface area contributed by atoms with E-state index in [1.54, 1.807) is 13.8 Å². The van der Waals surface area contributed by atoms with Crippen LogP contribution in [-0.4, -0.2) is 37.9 Å². The molecule has 1 saturated carbocycles. The summed E-state index contributed by atoms with van der Waals surface area (Å²) in [5.41, 5.74) is -4.45. The fraction of sp³-hybridized carbons (Fsp3) is 0.750. The first kappa shape index (κ1) is 18.9. The number of hydrogen-bond acceptors (Lipinski definition) is 6. The van der Waals surface area contributed by atoms with E-state index in [0.717, 1.165) is 0 Å². The first-order valence-corrected chi connectivity index (χ1v) is 12.4. The van der Waals surface area contributed by atoms with Crippen molar-refractivity contribution in [3.05, 3.63) is 12.2 Å². The molecule has 5 atom stereocenters. The van der Waals surface area contributed by atoms with Crippen LogP contribution in [0.2, 0.25) is 18.1 Å². The summed E-state index contributed by atoms with van der Waals surface area (Å²) in [5, 5.41) is -0.0936. The maximum Gasteiger partial charge on any atom is 0.325 e. The Balaban J connectivity index is 1.97. The van der Waals surface area contributed by atoms with Gasteiger partial charge in [-0.1, -0.05) is 26.8 Å². The molecule has 0 spiro atoms. The lowest BCUT2D eigenvalue weighted by Crippen LogP contribution is -2.54. The molecule has 0 N–H and O–H groups in total. The summed E-state index contributed by atoms with van der Waals surface area (Å²) in [7, 11) is -2.33. The Morgan fingerprint density at radius 1 is 1.15 bits per heavy atom. The van der Waals surface area contributed by atoms with Crippen molar-refractivity contribution in [3.63, 3.8) is 0 Å². The maximum atomic E-state index is 13.0. The molecule has 6 nitrogen and oxygen atoms in total. The fourth-order valence-corrected chi connectivity index (χ4v) is 7.00. The summed E-state index contributed by atoms with van der Waals surface area (Å²) in [5.74, 6) is -1.54. The molecule has 0 radical (unpaired) electrons. The van der Waals surface area contributed by atoms with E-state index < -0.39 is 48.2 Å². The maximum absolute atomic E-state index is 13.0. The van der Waals surface area contributed by atoms with Crippen molar-refractivity contribution in [2.24, 2.45) is 16.2 Å². The molecular weight excluding hydrogens is 364 g/mol. The molecule has 2 aliphatic heterocycles. The van der Waals surface area contributed by atoms with Crippen LogP contribution in [0.25, 0.3) is 0 Å². The highest BCUT2D eigenvalue weighted by molar-refractivity contribution is 6.74. The first-order valence-electron chi connectivity index (χ1n) is 9.54. The van der Waals surface area contributed by atoms with E-state index in [1.807, 2.05) is 12.2 Å². The Morgan fingerprint density at radius 2 is 1.78 bits per heavy atom. The van der Waals surface area contributed by atoms with Gasteiger partial charge in [-0.15, -0.1) is 0 Å². The minimum Gasteiger partial charge on any atom is -0.453 e. The van der Waals surface area contributed by atoms with Gasteiger partial charge in [-0.2, -0.15) is 0 Å². The van der Waals surface area contributed by atoms with E-state index in [-0.39, 0.29) is 17.4 Å². The van der Waals surface area contributed by atoms with Crippen molar-refractivity contribution in [1.29, 1.82) is 0 Å². The van der Waals surface area contributed by atoms with Crippen LogP contribution >= 0.6 is 0 Å². The number of allylic oxidation sites excluding steroid dienone is 1. The smallest absolute Gasteiger partial charge is 0.325 e. The van der Waals surface area contributed by atoms with Gasteiger partial charge in [0.1, 0.15) is 10.8 Å². The Bertz CT molecular complexity index is 810. The van der Waals surface area contributed by atoms with Gasteiger partial charge in [0.25, 0.3) is 0 Å². The molecule has 4 rings (SSSR count). The molecule has 2 aliphatic carbocycles. The Morgan fingerprint density at radius 3 is 2.37 bits per heavy atom. The first-order chi connectivity index (χ1) is 12.2. The number of fused-ring (bicyclic) bond motifs is 1. The van der Waals surface area contributed by atoms with E-state index in [9.17, 15) is 14.4 Å². The van der Waals surface area contributed by atoms with Gasteiger partial charge >= 0.3 is 17.9 Å². The van der Waals surface area contributed by atoms with Gasteiger partial charge in [0.2, 0.25) is 0 Å². The molecule has 0 bridgehead atoms. The van der Waals surface area contributed by atoms with Crippen LogP contribution in [0.5, 0.6) is 0 Å². The Hall–Kier alpha value is -1.47. The molecule has 0 amide bonds. The summed E-state index contributed by atoms with van der Waals surface area (Å²) in [6, 6.07) is 0. The molecular formula is C20H28O6Si. The summed E-state index contributed by atoms with van der Waals surface area (Å²) < 4.78 is 17.9. The zero-order valence-corrected chi connectivity index (χ0v) is 18.1. The molecule has 148 valence electrons. The number of carbonyl (C=O) groups is 3. The van der Waals surface area contributed by atoms with E-state index in [2.05, 4.69) is 33.9 Å². The summed E-state index contributed by atoms with van der Waals surface area (Å²) in [6.45, 7) is 14.1. The minimum atomic E-state index is -2.33. The average Bonchev–Trinajstić information content (AvgIpc) is 3.09. The van der Waals surface area contributed by atoms with Crippen molar-refractivity contribution < 1.29 is 28.3 Å². The predicted molar refractivity (Wildman–Crippen MR) is 99.0 cm³/mol. The highest BCUT2D eigenvalue weighted by Gasteiger charge is 2.91. The molecule has 0 unspecified atom stereocenters. The lowest BCUT2D eigenvalue weighted by atomic mass is 9.63. The molecule has 0 aromatic heterocycles. The molecule has 3 fully saturated rings. The SMILES string of the molecule is CC(C)(C)[Si](C)(C)O[C@H]1[C@]23CC=C[C@]2(OC(=O)C3)[C@@]2(C)C(=O)OC(=O)[C@@]12C. The highest BCUT2D eigenvalue weighted by atomic mass is 28.4. The van der Waals surface area contributed by atoms with E-state index >= 15 is 0 Å². The lowest BCUT2D eigenvalue weighted by molar-refractivity contribution is -0.169. The largest absolute Gasteiger partial charge is 0.453 e. The average molecular weight is 393 g/mol. The molecule has 0 aromatic rings. The molecule has 2 heterocycles. The number of cyclic esters (lactones) is 2. The van der Waals surface area contributed by atoms with E-state index in [0.29, 0.717) is 6.42 Å². The molecule has 4 aliphatic rings. The number of ether oxygens (including phenoxy) is 2. The van der Waals surface area contributed by atoms with Crippen LogP contribution in [0.4, 0.5) is 0 Å². The summed E-state index contributed by atoms with van der Waals surface area (Å²) in [6.07, 6.45) is 3.83. The highest BCUT2D eigenvalue weighted by Crippen LogP contribution is 2.78. The van der Waals surface area contributed by atoms with Crippen molar-refractivity contribution >= 4 is 26.2 Å². The second-order valence-electron chi connectivity index (χ2n) is 10.4. The molecule has 2 saturated heterocycles. The standard InChI is InChI=1S/C20H28O6Si/c1-16(2,3)27(6,7)26-13-17(4)14(22)24-15(23)18(17,5)20-10-8-9-19(13,20)11-12(21)25-20/h8,10,13H,9,11H2,1-7H3/t13-,17-,18+,19-,20+/m1/s1. The second-order valence-corrected chi connectivity index (χ2v) is 15.2. The second kappa shape index (κ2) is 4.74. The van der Waals surface area contributed by atoms with E-state index in [1.165, 1.54) is 0 Å². The van der Waals surface area contributed by atoms with Crippen molar-refractivity contribution in [2.75, 3.05) is 0 Å². The number of rotatable bonds is 2. The third-order valence-electron chi connectivity index (χ3n) is 8.35. The predicted octanol–water partition coefficient (Wildman–Crippen LogP) is 3.12. The quantitative estimate of drug-likeness (QED) is 0.311. The van der Waals surface area contributed by atoms with Crippen molar-refractivity contribution in [3.8, 4) is 0 Å². The van der Waals surface area contributed by atoms with Gasteiger partial charge in [-0.25, -0.2) is 0 Å². The van der Waals surface area contributed by atoms with Gasteiger partial charge < -0.3 is 13.9 Å². The van der Waals surface area contributed by atoms with Gasteiger partial charge in [0.05, 0.1) is 17.9 Å². The van der Waals surface area contributed by atoms with Crippen LogP contribution in [0.3, 0.4) is 0 Å². The zero-order valence-electron chi connectivity index (χ0n) is 17.1. The van der Waals surface area contributed by atoms with Crippen LogP contribution in [0, 0.1) is 16.2 Å². The van der Waals surface area contributed by atoms with Gasteiger partial charge in [-0.05, 0) is 44.5 Å². The molecule has 27 heavy (non-hydrogen) atoms. The Kier molecular flexibility index (Phi) is 3.31. The van der Waals surface area contributed by atoms with E-state index in [4.69, 9.17) is 13.9 Å². The number of hydrogen-bond donors (Lipinski definition) is 0. The molecule has 7 heteroatoms. The minimum absolute atomic E-state index is 0.0936. The number of carbonyl (C=O) groups excluding carboxylic acids is 3. The van der Waals surface area contributed by atoms with Crippen molar-refractivity contribution in [2.45, 2.75) is 77.3 Å². The van der Waals surface area contributed by atoms with Gasteiger partial charge in [0, 0.05) is 0 Å². The fourth-order valence-electron chi connectivity index (χ4n) is 5.60. The third-order valence-corrected chi connectivity index (χ3v) is 12.8. The topological polar surface area (TPSA) is 78.9 Å². The monoisotopic (exact) mass is 392 g/mol. The van der Waals surface area contributed by atoms with Crippen LogP contribution in [0.1, 0.15) is 47.5 Å². The van der Waals surface area contributed by atoms with Gasteiger partial charge in [-0.3, -0.25) is 14.4 Å². The summed E-state index contributed by atoms with van der Waals surface area (Å²) >= 11 is 0. The van der Waals surface area contributed by atoms with Crippen LogP contribution in [0.15, 0.2) is 12.2 Å². The van der Waals surface area contributed by atoms with Crippen molar-refractivity contribution in [1.82, 2.24) is 0 Å². The van der Waals surface area contributed by atoms with Crippen LogP contribution in [-0.2, 0) is 28.3 Å². The lowest BCUT2D eigenvalue weighted by Gasteiger charge is -2.45. The van der Waals surface area contributed by atoms with Gasteiger partial charge in [0.15, 0.2) is 13.9 Å². The third kappa shape index (κ3) is 1.70. The summed E-state index contributed by atoms with van der Waals surface area (Å²) in [4.78, 5) is 38.4. The zero-order chi connectivity index (χ0) is 20.3. The Labute approximate surface area is 160 Å². The number of esters is 3. The van der Waals surface area contributed by atoms with Crippen LogP contribution < -0.4 is 0 Å². The normalized spacial score (nSPS) is 45.6. The molecule has 0 aromatic carbocycles.